The molecule has 0 N–H and O–H groups in total. The summed E-state index contributed by atoms with van der Waals surface area (Å²) in [7, 11) is 0. The van der Waals surface area contributed by atoms with Crippen molar-refractivity contribution in [2.75, 3.05) is 6.61 Å². The monoisotopic (exact) mass is 626 g/mol. The molecule has 9 heteroatoms. The van der Waals surface area contributed by atoms with E-state index < -0.39 is 12.0 Å². The molecule has 0 amide bonds. The molecule has 7 nitrogen and oxygen atoms in total. The first kappa shape index (κ1) is 28.5. The normalized spacial score (nSPS) is 14.7. The van der Waals surface area contributed by atoms with Gasteiger partial charge in [0.25, 0.3) is 5.56 Å². The van der Waals surface area contributed by atoms with Crippen LogP contribution in [0.25, 0.3) is 22.7 Å². The Labute approximate surface area is 266 Å². The molecular weight excluding hydrogens is 601 g/mol. The molecular formula is C36H26N4O3S2. The number of ether oxygens (including phenoxy) is 1. The molecule has 6 aromatic rings. The molecule has 0 fully saturated rings. The molecule has 45 heavy (non-hydrogen) atoms. The number of para-hydroxylation sites is 1. The van der Waals surface area contributed by atoms with Crippen LogP contribution >= 0.6 is 22.7 Å². The van der Waals surface area contributed by atoms with E-state index in [1.807, 2.05) is 96.4 Å². The summed E-state index contributed by atoms with van der Waals surface area (Å²) in [5, 5.41) is 12.1. The number of hydrogen-bond acceptors (Lipinski definition) is 7. The van der Waals surface area contributed by atoms with Crippen LogP contribution in [0.1, 0.15) is 40.1 Å². The van der Waals surface area contributed by atoms with Crippen LogP contribution in [-0.2, 0) is 16.1 Å². The molecule has 1 aliphatic rings. The summed E-state index contributed by atoms with van der Waals surface area (Å²) in [6, 6.07) is 30.6. The summed E-state index contributed by atoms with van der Waals surface area (Å²) in [5.74, 6) is -0.487. The Balaban J connectivity index is 1.41. The molecule has 220 valence electrons. The SMILES string of the molecule is CCOC(=O)C1=C(c2ccccc2)N=c2s/c(=C\c3cn(Cc4ccc(C#N)cc4)c4ccccc34)c(=O)n2[C@@H]1c1cccs1. The number of rotatable bonds is 7. The van der Waals surface area contributed by atoms with E-state index in [1.54, 1.807) is 11.5 Å². The molecule has 0 aliphatic carbocycles. The summed E-state index contributed by atoms with van der Waals surface area (Å²) in [6.45, 7) is 2.59. The summed E-state index contributed by atoms with van der Waals surface area (Å²) >= 11 is 2.81. The number of carbonyl (C=O) groups excluding carboxylic acids is 1. The molecule has 0 spiro atoms. The third-order valence-corrected chi connectivity index (χ3v) is 9.64. The van der Waals surface area contributed by atoms with Gasteiger partial charge in [-0.25, -0.2) is 9.79 Å². The lowest BCUT2D eigenvalue weighted by atomic mass is 9.97. The van der Waals surface area contributed by atoms with Crippen LogP contribution in [0, 0.1) is 11.3 Å². The second-order valence-electron chi connectivity index (χ2n) is 10.5. The van der Waals surface area contributed by atoms with Gasteiger partial charge in [-0.2, -0.15) is 5.26 Å². The highest BCUT2D eigenvalue weighted by Gasteiger charge is 2.35. The molecule has 7 rings (SSSR count). The van der Waals surface area contributed by atoms with Gasteiger partial charge < -0.3 is 9.30 Å². The van der Waals surface area contributed by atoms with Crippen molar-refractivity contribution in [3.05, 3.63) is 155 Å². The van der Waals surface area contributed by atoms with Crippen LogP contribution in [0.4, 0.5) is 0 Å². The van der Waals surface area contributed by atoms with Crippen LogP contribution in [-0.4, -0.2) is 21.7 Å². The lowest BCUT2D eigenvalue weighted by molar-refractivity contribution is -0.138. The number of carbonyl (C=O) groups is 1. The minimum Gasteiger partial charge on any atom is -0.463 e. The third kappa shape index (κ3) is 5.24. The number of benzene rings is 3. The first-order valence-corrected chi connectivity index (χ1v) is 16.1. The number of nitrogens with zero attached hydrogens (tertiary/aromatic N) is 4. The number of hydrogen-bond donors (Lipinski definition) is 0. The molecule has 0 saturated heterocycles. The second-order valence-corrected chi connectivity index (χ2v) is 12.5. The molecule has 1 atom stereocenters. The zero-order valence-corrected chi connectivity index (χ0v) is 25.8. The highest BCUT2D eigenvalue weighted by molar-refractivity contribution is 7.10. The van der Waals surface area contributed by atoms with E-state index in [1.165, 1.54) is 22.7 Å². The van der Waals surface area contributed by atoms with Crippen LogP contribution in [0.2, 0.25) is 0 Å². The molecule has 1 aliphatic heterocycles. The van der Waals surface area contributed by atoms with Crippen molar-refractivity contribution in [3.63, 3.8) is 0 Å². The Hall–Kier alpha value is -5.30. The Bertz CT molecular complexity index is 2300. The van der Waals surface area contributed by atoms with Gasteiger partial charge in [0, 0.05) is 39.6 Å². The van der Waals surface area contributed by atoms with Crippen molar-refractivity contribution in [1.29, 1.82) is 5.26 Å². The second kappa shape index (κ2) is 12.0. The van der Waals surface area contributed by atoms with Gasteiger partial charge in [0.05, 0.1) is 34.0 Å². The van der Waals surface area contributed by atoms with Crippen molar-refractivity contribution in [2.45, 2.75) is 19.5 Å². The van der Waals surface area contributed by atoms with E-state index in [0.717, 1.165) is 32.5 Å². The third-order valence-electron chi connectivity index (χ3n) is 7.73. The summed E-state index contributed by atoms with van der Waals surface area (Å²) in [6.07, 6.45) is 3.97. The van der Waals surface area contributed by atoms with Crippen LogP contribution in [0.15, 0.2) is 118 Å². The minimum atomic E-state index is -0.671. The molecule has 4 heterocycles. The maximum Gasteiger partial charge on any atom is 0.338 e. The topological polar surface area (TPSA) is 89.4 Å². The molecule has 0 bridgehead atoms. The quantitative estimate of drug-likeness (QED) is 0.207. The lowest BCUT2D eigenvalue weighted by Crippen LogP contribution is -2.39. The fourth-order valence-corrected chi connectivity index (χ4v) is 7.52. The molecule has 3 aromatic heterocycles. The van der Waals surface area contributed by atoms with Crippen LogP contribution in [0.3, 0.4) is 0 Å². The fourth-order valence-electron chi connectivity index (χ4n) is 5.70. The minimum absolute atomic E-state index is 0.207. The maximum absolute atomic E-state index is 14.3. The largest absolute Gasteiger partial charge is 0.463 e. The van der Waals surface area contributed by atoms with Crippen molar-refractivity contribution < 1.29 is 9.53 Å². The van der Waals surface area contributed by atoms with Gasteiger partial charge in [-0.05, 0) is 48.2 Å². The van der Waals surface area contributed by atoms with Crippen molar-refractivity contribution in [3.8, 4) is 6.07 Å². The van der Waals surface area contributed by atoms with Gasteiger partial charge in [0.1, 0.15) is 6.04 Å². The number of thiazole rings is 1. The van der Waals surface area contributed by atoms with E-state index in [2.05, 4.69) is 22.9 Å². The van der Waals surface area contributed by atoms with E-state index in [-0.39, 0.29) is 12.2 Å². The van der Waals surface area contributed by atoms with Gasteiger partial charge in [0.2, 0.25) is 0 Å². The highest BCUT2D eigenvalue weighted by atomic mass is 32.1. The zero-order valence-electron chi connectivity index (χ0n) is 24.2. The summed E-state index contributed by atoms with van der Waals surface area (Å²) in [5.41, 5.74) is 5.06. The Morgan fingerprint density at radius 2 is 1.80 bits per heavy atom. The highest BCUT2D eigenvalue weighted by Crippen LogP contribution is 2.37. The predicted octanol–water partition coefficient (Wildman–Crippen LogP) is 5.87. The first-order valence-electron chi connectivity index (χ1n) is 14.4. The molecule has 3 aromatic carbocycles. The standard InChI is InChI=1S/C36H26N4O3S2/c1-2-43-35(42)31-32(25-9-4-3-5-10-25)38-36-40(33(31)29-13-8-18-44-29)34(41)30(45-36)19-26-22-39(28-12-7-6-11-27(26)28)21-24-16-14-23(20-37)15-17-24/h3-19,22,33H,2,21H2,1H3/b30-19-/t33-/m1/s1. The number of thiophene rings is 1. The van der Waals surface area contributed by atoms with Gasteiger partial charge >= 0.3 is 5.97 Å². The van der Waals surface area contributed by atoms with Gasteiger partial charge in [-0.3, -0.25) is 9.36 Å². The summed E-state index contributed by atoms with van der Waals surface area (Å²) in [4.78, 5) is 34.2. The molecule has 0 radical (unpaired) electrons. The van der Waals surface area contributed by atoms with Crippen LogP contribution < -0.4 is 14.9 Å². The number of aromatic nitrogens is 2. The summed E-state index contributed by atoms with van der Waals surface area (Å²) < 4.78 is 9.85. The van der Waals surface area contributed by atoms with Gasteiger partial charge in [-0.15, -0.1) is 11.3 Å². The smallest absolute Gasteiger partial charge is 0.338 e. The van der Waals surface area contributed by atoms with Crippen molar-refractivity contribution >= 4 is 51.3 Å². The number of esters is 1. The number of nitriles is 1. The lowest BCUT2D eigenvalue weighted by Gasteiger charge is -2.24. The van der Waals surface area contributed by atoms with E-state index >= 15 is 0 Å². The maximum atomic E-state index is 14.3. The van der Waals surface area contributed by atoms with Crippen molar-refractivity contribution in [1.82, 2.24) is 9.13 Å². The Kier molecular flexibility index (Phi) is 7.59. The zero-order chi connectivity index (χ0) is 30.9. The first-order chi connectivity index (χ1) is 22.1. The van der Waals surface area contributed by atoms with Gasteiger partial charge in [0.15, 0.2) is 4.80 Å². The van der Waals surface area contributed by atoms with Crippen molar-refractivity contribution in [2.24, 2.45) is 4.99 Å². The average molecular weight is 627 g/mol. The Morgan fingerprint density at radius 1 is 1.02 bits per heavy atom. The predicted molar refractivity (Wildman–Crippen MR) is 178 cm³/mol. The molecule has 0 saturated carbocycles. The average Bonchev–Trinajstić information content (AvgIpc) is 3.80. The fraction of sp³-hybridized carbons (Fsp3) is 0.111. The van der Waals surface area contributed by atoms with Gasteiger partial charge in [-0.1, -0.05) is 78.1 Å². The van der Waals surface area contributed by atoms with E-state index in [0.29, 0.717) is 32.7 Å². The molecule has 0 unspecified atom stereocenters. The van der Waals surface area contributed by atoms with E-state index in [9.17, 15) is 14.9 Å². The number of fused-ring (bicyclic) bond motifs is 2. The Morgan fingerprint density at radius 3 is 2.53 bits per heavy atom. The van der Waals surface area contributed by atoms with E-state index in [4.69, 9.17) is 9.73 Å². The van der Waals surface area contributed by atoms with Crippen LogP contribution in [0.5, 0.6) is 0 Å².